The molecule has 1 unspecified atom stereocenters. The fourth-order valence-electron chi connectivity index (χ4n) is 3.01. The van der Waals surface area contributed by atoms with Crippen LogP contribution in [-0.4, -0.2) is 11.2 Å². The minimum Gasteiger partial charge on any atom is -0.393 e. The van der Waals surface area contributed by atoms with Gasteiger partial charge in [0.05, 0.1) is 6.10 Å². The van der Waals surface area contributed by atoms with Crippen molar-refractivity contribution in [1.29, 1.82) is 0 Å². The van der Waals surface area contributed by atoms with Gasteiger partial charge in [0.25, 0.3) is 0 Å². The van der Waals surface area contributed by atoms with Crippen molar-refractivity contribution in [2.24, 2.45) is 5.92 Å². The molecule has 1 nitrogen and oxygen atoms in total. The number of aliphatic hydroxyl groups excluding tert-OH is 1. The highest BCUT2D eigenvalue weighted by Crippen LogP contribution is 2.28. The van der Waals surface area contributed by atoms with Crippen LogP contribution in [0.4, 0.5) is 4.39 Å². The Labute approximate surface area is 123 Å². The number of rotatable bonds is 4. The summed E-state index contributed by atoms with van der Waals surface area (Å²) in [5.74, 6) is 0.422. The zero-order chi connectivity index (χ0) is 13.7. The van der Waals surface area contributed by atoms with Gasteiger partial charge >= 0.3 is 0 Å². The van der Waals surface area contributed by atoms with E-state index < -0.39 is 0 Å². The maximum atomic E-state index is 13.0. The summed E-state index contributed by atoms with van der Waals surface area (Å²) in [6.07, 6.45) is 8.97. The van der Waals surface area contributed by atoms with Crippen molar-refractivity contribution in [3.8, 4) is 0 Å². The summed E-state index contributed by atoms with van der Waals surface area (Å²) < 4.78 is 13.8. The van der Waals surface area contributed by atoms with Gasteiger partial charge in [-0.2, -0.15) is 0 Å². The molecule has 1 aromatic rings. The van der Waals surface area contributed by atoms with Gasteiger partial charge in [-0.05, 0) is 36.5 Å². The van der Waals surface area contributed by atoms with E-state index in [2.05, 4.69) is 15.9 Å². The fraction of sp³-hybridized carbons (Fsp3) is 0.625. The van der Waals surface area contributed by atoms with Gasteiger partial charge < -0.3 is 5.11 Å². The van der Waals surface area contributed by atoms with E-state index in [4.69, 9.17) is 0 Å². The van der Waals surface area contributed by atoms with Crippen LogP contribution in [0.3, 0.4) is 0 Å². The lowest BCUT2D eigenvalue weighted by Gasteiger charge is -2.19. The minimum absolute atomic E-state index is 0.242. The Balaban J connectivity index is 1.87. The zero-order valence-corrected chi connectivity index (χ0v) is 12.8. The van der Waals surface area contributed by atoms with Gasteiger partial charge in [0.15, 0.2) is 0 Å². The summed E-state index contributed by atoms with van der Waals surface area (Å²) >= 11 is 3.36. The van der Waals surface area contributed by atoms with Crippen molar-refractivity contribution >= 4 is 15.9 Å². The average Bonchev–Trinajstić information content (AvgIpc) is 2.61. The largest absolute Gasteiger partial charge is 0.393 e. The molecule has 106 valence electrons. The number of benzene rings is 1. The summed E-state index contributed by atoms with van der Waals surface area (Å²) in [6.45, 7) is 0. The Kier molecular flexibility index (Phi) is 5.83. The van der Waals surface area contributed by atoms with Gasteiger partial charge in [-0.3, -0.25) is 0 Å². The predicted molar refractivity (Wildman–Crippen MR) is 79.6 cm³/mol. The Morgan fingerprint density at radius 1 is 1.21 bits per heavy atom. The molecule has 2 rings (SSSR count). The van der Waals surface area contributed by atoms with E-state index in [0.717, 1.165) is 16.5 Å². The number of halogens is 2. The maximum Gasteiger partial charge on any atom is 0.124 e. The molecule has 0 spiro atoms. The van der Waals surface area contributed by atoms with Crippen molar-refractivity contribution in [3.63, 3.8) is 0 Å². The van der Waals surface area contributed by atoms with Gasteiger partial charge in [-0.1, -0.05) is 60.5 Å². The van der Waals surface area contributed by atoms with E-state index in [1.165, 1.54) is 50.7 Å². The first-order valence-corrected chi connectivity index (χ1v) is 8.06. The van der Waals surface area contributed by atoms with E-state index in [-0.39, 0.29) is 11.9 Å². The lowest BCUT2D eigenvalue weighted by atomic mass is 9.91. The standard InChI is InChI=1S/C16H22BrFO/c17-16-11-14(18)8-7-13(16)10-15(19)9-12-5-3-1-2-4-6-12/h7-8,11-12,15,19H,1-6,9-10H2. The van der Waals surface area contributed by atoms with Crippen LogP contribution >= 0.6 is 15.9 Å². The molecule has 0 heterocycles. The molecule has 1 aromatic carbocycles. The van der Waals surface area contributed by atoms with Crippen LogP contribution in [0, 0.1) is 11.7 Å². The highest BCUT2D eigenvalue weighted by molar-refractivity contribution is 9.10. The number of hydrogen-bond donors (Lipinski definition) is 1. The van der Waals surface area contributed by atoms with Gasteiger partial charge in [0.2, 0.25) is 0 Å². The molecule has 0 radical (unpaired) electrons. The van der Waals surface area contributed by atoms with Crippen molar-refractivity contribution in [2.75, 3.05) is 0 Å². The van der Waals surface area contributed by atoms with Crippen LogP contribution in [-0.2, 0) is 6.42 Å². The van der Waals surface area contributed by atoms with Gasteiger partial charge in [-0.15, -0.1) is 0 Å². The van der Waals surface area contributed by atoms with E-state index in [9.17, 15) is 9.50 Å². The molecule has 1 saturated carbocycles. The van der Waals surface area contributed by atoms with E-state index in [1.807, 2.05) is 0 Å². The smallest absolute Gasteiger partial charge is 0.124 e. The van der Waals surface area contributed by atoms with Gasteiger partial charge in [0, 0.05) is 4.47 Å². The third-order valence-corrected chi connectivity index (χ3v) is 4.79. The first-order chi connectivity index (χ1) is 9.15. The fourth-order valence-corrected chi connectivity index (χ4v) is 3.52. The SMILES string of the molecule is OC(Cc1ccc(F)cc1Br)CC1CCCCCC1. The molecule has 19 heavy (non-hydrogen) atoms. The Hall–Kier alpha value is -0.410. The molecule has 1 atom stereocenters. The summed E-state index contributed by atoms with van der Waals surface area (Å²) in [5, 5.41) is 10.2. The van der Waals surface area contributed by atoms with Crippen molar-refractivity contribution < 1.29 is 9.50 Å². The van der Waals surface area contributed by atoms with E-state index in [1.54, 1.807) is 6.07 Å². The first-order valence-electron chi connectivity index (χ1n) is 7.27. The number of aliphatic hydroxyl groups is 1. The van der Waals surface area contributed by atoms with E-state index >= 15 is 0 Å². The normalized spacial score (nSPS) is 19.1. The first kappa shape index (κ1) is 15.0. The Morgan fingerprint density at radius 3 is 2.53 bits per heavy atom. The quantitative estimate of drug-likeness (QED) is 0.783. The van der Waals surface area contributed by atoms with Crippen LogP contribution < -0.4 is 0 Å². The van der Waals surface area contributed by atoms with Gasteiger partial charge in [-0.25, -0.2) is 4.39 Å². The second kappa shape index (κ2) is 7.39. The average molecular weight is 329 g/mol. The third kappa shape index (κ3) is 4.88. The molecule has 0 amide bonds. The van der Waals surface area contributed by atoms with Crippen LogP contribution in [0.2, 0.25) is 0 Å². The lowest BCUT2D eigenvalue weighted by Crippen LogP contribution is -2.16. The summed E-state index contributed by atoms with van der Waals surface area (Å²) in [7, 11) is 0. The van der Waals surface area contributed by atoms with Crippen LogP contribution in [0.1, 0.15) is 50.5 Å². The molecule has 0 aromatic heterocycles. The maximum absolute atomic E-state index is 13.0. The zero-order valence-electron chi connectivity index (χ0n) is 11.2. The molecular weight excluding hydrogens is 307 g/mol. The topological polar surface area (TPSA) is 20.2 Å². The Morgan fingerprint density at radius 2 is 1.89 bits per heavy atom. The highest BCUT2D eigenvalue weighted by Gasteiger charge is 2.17. The summed E-state index contributed by atoms with van der Waals surface area (Å²) in [4.78, 5) is 0. The second-order valence-electron chi connectivity index (χ2n) is 5.69. The molecule has 1 fully saturated rings. The molecular formula is C16H22BrFO. The van der Waals surface area contributed by atoms with Crippen LogP contribution in [0.15, 0.2) is 22.7 Å². The summed E-state index contributed by atoms with van der Waals surface area (Å²) in [5.41, 5.74) is 0.988. The summed E-state index contributed by atoms with van der Waals surface area (Å²) in [6, 6.07) is 4.68. The van der Waals surface area contributed by atoms with Crippen LogP contribution in [0.25, 0.3) is 0 Å². The monoisotopic (exact) mass is 328 g/mol. The molecule has 3 heteroatoms. The van der Waals surface area contributed by atoms with Gasteiger partial charge in [0.1, 0.15) is 5.82 Å². The molecule has 1 aliphatic carbocycles. The Bertz CT molecular complexity index is 400. The molecule has 0 saturated heterocycles. The molecule has 0 bridgehead atoms. The number of hydrogen-bond acceptors (Lipinski definition) is 1. The lowest BCUT2D eigenvalue weighted by molar-refractivity contribution is 0.137. The minimum atomic E-state index is -0.315. The third-order valence-electron chi connectivity index (χ3n) is 4.05. The molecule has 1 N–H and O–H groups in total. The van der Waals surface area contributed by atoms with Crippen molar-refractivity contribution in [3.05, 3.63) is 34.1 Å². The predicted octanol–water partition coefficient (Wildman–Crippen LogP) is 4.85. The van der Waals surface area contributed by atoms with E-state index in [0.29, 0.717) is 12.3 Å². The molecule has 0 aliphatic heterocycles. The van der Waals surface area contributed by atoms with Crippen molar-refractivity contribution in [1.82, 2.24) is 0 Å². The molecule has 1 aliphatic rings. The van der Waals surface area contributed by atoms with Crippen LogP contribution in [0.5, 0.6) is 0 Å². The van der Waals surface area contributed by atoms with Crippen molar-refractivity contribution in [2.45, 2.75) is 57.5 Å². The highest BCUT2D eigenvalue weighted by atomic mass is 79.9. The second-order valence-corrected chi connectivity index (χ2v) is 6.54.